The van der Waals surface area contributed by atoms with Gasteiger partial charge < -0.3 is 21.3 Å². The van der Waals surface area contributed by atoms with Crippen LogP contribution >= 0.6 is 0 Å². The third-order valence-corrected chi connectivity index (χ3v) is 5.28. The van der Waals surface area contributed by atoms with E-state index in [0.29, 0.717) is 19.1 Å². The standard InChI is InChI=1S/C18H34N4O2/c1-18(2,3)15(19)16(23)22-11-9-14(10-12-22)21-17(24)20-13-7-5-4-6-8-13/h13-15H,4-12,19H2,1-3H3,(H2,20,21,24)/t15-/m1/s1. The minimum Gasteiger partial charge on any atom is -0.341 e. The third-order valence-electron chi connectivity index (χ3n) is 5.28. The number of nitrogens with two attached hydrogens (primary N) is 1. The number of nitrogens with one attached hydrogen (secondary N) is 2. The molecule has 0 radical (unpaired) electrons. The largest absolute Gasteiger partial charge is 0.341 e. The summed E-state index contributed by atoms with van der Waals surface area (Å²) in [6, 6.07) is -0.0663. The topological polar surface area (TPSA) is 87.5 Å². The second-order valence-electron chi connectivity index (χ2n) is 8.40. The minimum atomic E-state index is -0.475. The van der Waals surface area contributed by atoms with E-state index in [4.69, 9.17) is 5.73 Å². The molecule has 0 bridgehead atoms. The lowest BCUT2D eigenvalue weighted by Gasteiger charge is -2.37. The Bertz CT molecular complexity index is 433. The van der Waals surface area contributed by atoms with Gasteiger partial charge >= 0.3 is 6.03 Å². The van der Waals surface area contributed by atoms with Crippen molar-refractivity contribution in [3.63, 3.8) is 0 Å². The second-order valence-corrected chi connectivity index (χ2v) is 8.40. The van der Waals surface area contributed by atoms with Crippen molar-refractivity contribution in [2.75, 3.05) is 13.1 Å². The van der Waals surface area contributed by atoms with Crippen LogP contribution in [0.2, 0.25) is 0 Å². The number of carbonyl (C=O) groups excluding carboxylic acids is 2. The summed E-state index contributed by atoms with van der Waals surface area (Å²) in [6.45, 7) is 7.28. The Kier molecular flexibility index (Phi) is 6.49. The summed E-state index contributed by atoms with van der Waals surface area (Å²) in [4.78, 5) is 26.4. The molecule has 24 heavy (non-hydrogen) atoms. The Morgan fingerprint density at radius 1 is 0.958 bits per heavy atom. The fraction of sp³-hybridized carbons (Fsp3) is 0.889. The van der Waals surface area contributed by atoms with Crippen LogP contribution in [0.15, 0.2) is 0 Å². The lowest BCUT2D eigenvalue weighted by molar-refractivity contribution is -0.136. The van der Waals surface area contributed by atoms with Gasteiger partial charge in [-0.25, -0.2) is 4.79 Å². The van der Waals surface area contributed by atoms with Crippen LogP contribution in [0.25, 0.3) is 0 Å². The maximum atomic E-state index is 12.4. The number of carbonyl (C=O) groups is 2. The quantitative estimate of drug-likeness (QED) is 0.735. The van der Waals surface area contributed by atoms with Gasteiger partial charge in [-0.15, -0.1) is 0 Å². The number of piperidine rings is 1. The molecule has 0 aromatic heterocycles. The molecule has 2 rings (SSSR count). The zero-order valence-corrected chi connectivity index (χ0v) is 15.4. The predicted molar refractivity (Wildman–Crippen MR) is 95.6 cm³/mol. The number of hydrogen-bond acceptors (Lipinski definition) is 3. The first-order chi connectivity index (χ1) is 11.3. The monoisotopic (exact) mass is 338 g/mol. The predicted octanol–water partition coefficient (Wildman–Crippen LogP) is 1.98. The van der Waals surface area contributed by atoms with E-state index >= 15 is 0 Å². The molecule has 0 spiro atoms. The molecule has 0 aromatic rings. The van der Waals surface area contributed by atoms with Crippen molar-refractivity contribution in [1.29, 1.82) is 0 Å². The van der Waals surface area contributed by atoms with Crippen molar-refractivity contribution >= 4 is 11.9 Å². The molecule has 6 nitrogen and oxygen atoms in total. The average molecular weight is 338 g/mol. The number of nitrogens with zero attached hydrogens (tertiary/aromatic N) is 1. The van der Waals surface area contributed by atoms with Crippen LogP contribution in [-0.4, -0.2) is 48.1 Å². The Hall–Kier alpha value is -1.30. The van der Waals surface area contributed by atoms with Crippen LogP contribution in [0.3, 0.4) is 0 Å². The molecule has 138 valence electrons. The van der Waals surface area contributed by atoms with E-state index in [9.17, 15) is 9.59 Å². The number of likely N-dealkylation sites (tertiary alicyclic amines) is 1. The lowest BCUT2D eigenvalue weighted by Crippen LogP contribution is -2.55. The zero-order chi connectivity index (χ0) is 17.7. The molecule has 2 fully saturated rings. The summed E-state index contributed by atoms with van der Waals surface area (Å²) in [5.74, 6) is 0.0209. The number of amides is 3. The first-order valence-corrected chi connectivity index (χ1v) is 9.39. The van der Waals surface area contributed by atoms with Gasteiger partial charge in [-0.05, 0) is 31.1 Å². The number of urea groups is 1. The fourth-order valence-electron chi connectivity index (χ4n) is 3.47. The lowest BCUT2D eigenvalue weighted by atomic mass is 9.86. The summed E-state index contributed by atoms with van der Waals surface area (Å²) >= 11 is 0. The summed E-state index contributed by atoms with van der Waals surface area (Å²) in [6.07, 6.45) is 7.46. The highest BCUT2D eigenvalue weighted by Gasteiger charge is 2.33. The van der Waals surface area contributed by atoms with E-state index in [0.717, 1.165) is 25.7 Å². The molecule has 1 atom stereocenters. The molecule has 6 heteroatoms. The molecular weight excluding hydrogens is 304 g/mol. The normalized spacial score (nSPS) is 22.1. The highest BCUT2D eigenvalue weighted by atomic mass is 16.2. The van der Waals surface area contributed by atoms with Crippen LogP contribution in [-0.2, 0) is 4.79 Å². The molecule has 3 amide bonds. The van der Waals surface area contributed by atoms with Crippen molar-refractivity contribution in [2.45, 2.75) is 83.8 Å². The van der Waals surface area contributed by atoms with Crippen molar-refractivity contribution in [1.82, 2.24) is 15.5 Å². The van der Waals surface area contributed by atoms with Crippen LogP contribution < -0.4 is 16.4 Å². The van der Waals surface area contributed by atoms with Crippen molar-refractivity contribution in [2.24, 2.45) is 11.1 Å². The molecule has 1 heterocycles. The van der Waals surface area contributed by atoms with Gasteiger partial charge in [-0.2, -0.15) is 0 Å². The van der Waals surface area contributed by atoms with Gasteiger partial charge in [0.1, 0.15) is 0 Å². The first-order valence-electron chi connectivity index (χ1n) is 9.39. The van der Waals surface area contributed by atoms with E-state index in [2.05, 4.69) is 10.6 Å². The van der Waals surface area contributed by atoms with Gasteiger partial charge in [0.15, 0.2) is 0 Å². The molecule has 1 saturated carbocycles. The van der Waals surface area contributed by atoms with Crippen molar-refractivity contribution < 1.29 is 9.59 Å². The van der Waals surface area contributed by atoms with Crippen molar-refractivity contribution in [3.05, 3.63) is 0 Å². The van der Waals surface area contributed by atoms with Gasteiger partial charge in [0, 0.05) is 25.2 Å². The molecule has 0 aromatic carbocycles. The molecule has 1 aliphatic heterocycles. The first kappa shape index (κ1) is 19.0. The second kappa shape index (κ2) is 8.19. The van der Waals surface area contributed by atoms with Crippen LogP contribution in [0, 0.1) is 5.41 Å². The van der Waals surface area contributed by atoms with E-state index in [1.54, 1.807) is 0 Å². The molecular formula is C18H34N4O2. The van der Waals surface area contributed by atoms with E-state index in [1.807, 2.05) is 25.7 Å². The van der Waals surface area contributed by atoms with Gasteiger partial charge in [0.2, 0.25) is 5.91 Å². The van der Waals surface area contributed by atoms with Crippen LogP contribution in [0.1, 0.15) is 65.7 Å². The smallest absolute Gasteiger partial charge is 0.315 e. The van der Waals surface area contributed by atoms with Crippen molar-refractivity contribution in [3.8, 4) is 0 Å². The number of rotatable bonds is 3. The minimum absolute atomic E-state index is 0.0209. The molecule has 1 saturated heterocycles. The van der Waals surface area contributed by atoms with E-state index in [-0.39, 0.29) is 23.4 Å². The third kappa shape index (κ3) is 5.36. The molecule has 2 aliphatic rings. The summed E-state index contributed by atoms with van der Waals surface area (Å²) < 4.78 is 0. The van der Waals surface area contributed by atoms with Gasteiger partial charge in [0.05, 0.1) is 6.04 Å². The Morgan fingerprint density at radius 3 is 1.96 bits per heavy atom. The Balaban J connectivity index is 1.72. The highest BCUT2D eigenvalue weighted by Crippen LogP contribution is 2.21. The van der Waals surface area contributed by atoms with Crippen LogP contribution in [0.5, 0.6) is 0 Å². The Morgan fingerprint density at radius 2 is 1.46 bits per heavy atom. The summed E-state index contributed by atoms with van der Waals surface area (Å²) in [5, 5.41) is 6.15. The summed E-state index contributed by atoms with van der Waals surface area (Å²) in [7, 11) is 0. The SMILES string of the molecule is CC(C)(C)[C@H](N)C(=O)N1CCC(NC(=O)NC2CCCCC2)CC1. The number of hydrogen-bond donors (Lipinski definition) is 3. The zero-order valence-electron chi connectivity index (χ0n) is 15.4. The fourth-order valence-corrected chi connectivity index (χ4v) is 3.47. The van der Waals surface area contributed by atoms with Gasteiger partial charge in [-0.1, -0.05) is 40.0 Å². The van der Waals surface area contributed by atoms with E-state index < -0.39 is 6.04 Å². The Labute approximate surface area is 145 Å². The maximum Gasteiger partial charge on any atom is 0.315 e. The van der Waals surface area contributed by atoms with Gasteiger partial charge in [-0.3, -0.25) is 4.79 Å². The maximum absolute atomic E-state index is 12.4. The highest BCUT2D eigenvalue weighted by molar-refractivity contribution is 5.82. The molecule has 1 aliphatic carbocycles. The molecule has 4 N–H and O–H groups in total. The summed E-state index contributed by atoms with van der Waals surface area (Å²) in [5.41, 5.74) is 5.84. The average Bonchev–Trinajstić information content (AvgIpc) is 2.54. The van der Waals surface area contributed by atoms with Gasteiger partial charge in [0.25, 0.3) is 0 Å². The van der Waals surface area contributed by atoms with Crippen LogP contribution in [0.4, 0.5) is 4.79 Å². The van der Waals surface area contributed by atoms with E-state index in [1.165, 1.54) is 19.3 Å². The molecule has 0 unspecified atom stereocenters.